The van der Waals surface area contributed by atoms with Gasteiger partial charge >= 0.3 is 0 Å². The molecule has 100 valence electrons. The number of halogens is 2. The Bertz CT molecular complexity index is 568. The van der Waals surface area contributed by atoms with Crippen LogP contribution in [0, 0.1) is 11.6 Å². The molecule has 19 heavy (non-hydrogen) atoms. The lowest BCUT2D eigenvalue weighted by Crippen LogP contribution is -2.01. The van der Waals surface area contributed by atoms with Gasteiger partial charge in [-0.05, 0) is 12.1 Å². The molecule has 0 aliphatic carbocycles. The normalized spacial score (nSPS) is 10.3. The predicted octanol–water partition coefficient (Wildman–Crippen LogP) is 3.15. The van der Waals surface area contributed by atoms with Crippen molar-refractivity contribution >= 4 is 5.82 Å². The van der Waals surface area contributed by atoms with E-state index in [0.29, 0.717) is 18.1 Å². The summed E-state index contributed by atoms with van der Waals surface area (Å²) in [6.45, 7) is 1.89. The number of aromatic nitrogens is 2. The minimum absolute atomic E-state index is 0.167. The Balaban J connectivity index is 2.34. The number of nitrogens with one attached hydrogen (secondary N) is 1. The molecule has 1 heterocycles. The van der Waals surface area contributed by atoms with E-state index in [-0.39, 0.29) is 11.6 Å². The maximum absolute atomic E-state index is 13.5. The molecule has 0 radical (unpaired) electrons. The summed E-state index contributed by atoms with van der Waals surface area (Å²) in [6.07, 6.45) is 0.609. The van der Waals surface area contributed by atoms with Crippen molar-refractivity contribution in [3.05, 3.63) is 41.7 Å². The monoisotopic (exact) mass is 265 g/mol. The van der Waals surface area contributed by atoms with Crippen LogP contribution in [0.15, 0.2) is 24.3 Å². The summed E-state index contributed by atoms with van der Waals surface area (Å²) in [5.74, 6) is -0.153. The Kier molecular flexibility index (Phi) is 3.89. The second kappa shape index (κ2) is 5.60. The van der Waals surface area contributed by atoms with E-state index in [1.807, 2.05) is 6.92 Å². The van der Waals surface area contributed by atoms with E-state index in [1.54, 1.807) is 7.05 Å². The number of benzene rings is 1. The van der Waals surface area contributed by atoms with Crippen LogP contribution < -0.4 is 10.1 Å². The SMILES string of the molecule is CCc1nc(NC)cc(Oc2cc(F)ccc2F)n1. The molecular formula is C13H13F2N3O. The Hall–Kier alpha value is -2.24. The van der Waals surface area contributed by atoms with Crippen LogP contribution in [0.2, 0.25) is 0 Å². The molecule has 0 saturated carbocycles. The van der Waals surface area contributed by atoms with Gasteiger partial charge in [0, 0.05) is 25.6 Å². The average Bonchev–Trinajstić information content (AvgIpc) is 2.42. The van der Waals surface area contributed by atoms with Crippen molar-refractivity contribution < 1.29 is 13.5 Å². The van der Waals surface area contributed by atoms with Crippen molar-refractivity contribution in [2.75, 3.05) is 12.4 Å². The molecule has 0 unspecified atom stereocenters. The topological polar surface area (TPSA) is 47.0 Å². The Morgan fingerprint density at radius 1 is 1.21 bits per heavy atom. The molecule has 0 saturated heterocycles. The third kappa shape index (κ3) is 3.15. The first-order valence-electron chi connectivity index (χ1n) is 5.81. The Morgan fingerprint density at radius 3 is 2.68 bits per heavy atom. The van der Waals surface area contributed by atoms with Crippen LogP contribution in [0.1, 0.15) is 12.7 Å². The smallest absolute Gasteiger partial charge is 0.224 e. The zero-order valence-corrected chi connectivity index (χ0v) is 10.6. The maximum Gasteiger partial charge on any atom is 0.224 e. The molecule has 0 aliphatic heterocycles. The first-order valence-corrected chi connectivity index (χ1v) is 5.81. The van der Waals surface area contributed by atoms with E-state index >= 15 is 0 Å². The van der Waals surface area contributed by atoms with Crippen molar-refractivity contribution in [1.29, 1.82) is 0 Å². The fraction of sp³-hybridized carbons (Fsp3) is 0.231. The highest BCUT2D eigenvalue weighted by molar-refractivity contribution is 5.39. The number of rotatable bonds is 4. The zero-order chi connectivity index (χ0) is 13.8. The Morgan fingerprint density at radius 2 is 2.00 bits per heavy atom. The summed E-state index contributed by atoms with van der Waals surface area (Å²) in [5, 5.41) is 2.85. The van der Waals surface area contributed by atoms with E-state index in [9.17, 15) is 8.78 Å². The van der Waals surface area contributed by atoms with Gasteiger partial charge in [0.2, 0.25) is 5.88 Å². The van der Waals surface area contributed by atoms with Crippen molar-refractivity contribution in [2.45, 2.75) is 13.3 Å². The lowest BCUT2D eigenvalue weighted by molar-refractivity contribution is 0.420. The number of aryl methyl sites for hydroxylation is 1. The zero-order valence-electron chi connectivity index (χ0n) is 10.6. The van der Waals surface area contributed by atoms with Crippen LogP contribution in [0.4, 0.5) is 14.6 Å². The largest absolute Gasteiger partial charge is 0.436 e. The van der Waals surface area contributed by atoms with Crippen molar-refractivity contribution in [3.63, 3.8) is 0 Å². The van der Waals surface area contributed by atoms with Crippen LogP contribution in [0.3, 0.4) is 0 Å². The Labute approximate surface area is 109 Å². The maximum atomic E-state index is 13.5. The van der Waals surface area contributed by atoms with Crippen LogP contribution >= 0.6 is 0 Å². The molecule has 4 nitrogen and oxygen atoms in total. The summed E-state index contributed by atoms with van der Waals surface area (Å²) < 4.78 is 31.8. The molecular weight excluding hydrogens is 252 g/mol. The van der Waals surface area contributed by atoms with E-state index < -0.39 is 11.6 Å². The lowest BCUT2D eigenvalue weighted by atomic mass is 10.3. The molecule has 1 aromatic heterocycles. The molecule has 6 heteroatoms. The molecule has 0 aliphatic rings. The first-order chi connectivity index (χ1) is 9.12. The van der Waals surface area contributed by atoms with Gasteiger partial charge in [0.05, 0.1) is 0 Å². The fourth-order valence-corrected chi connectivity index (χ4v) is 1.48. The summed E-state index contributed by atoms with van der Waals surface area (Å²) in [5.41, 5.74) is 0. The van der Waals surface area contributed by atoms with Gasteiger partial charge < -0.3 is 10.1 Å². The number of hydrogen-bond donors (Lipinski definition) is 1. The second-order valence-electron chi connectivity index (χ2n) is 3.79. The standard InChI is InChI=1S/C13H13F2N3O/c1-3-11-17-12(16-2)7-13(18-11)19-10-6-8(14)4-5-9(10)15/h4-7H,3H2,1-2H3,(H,16,17,18). The summed E-state index contributed by atoms with van der Waals surface area (Å²) in [7, 11) is 1.70. The molecule has 0 amide bonds. The van der Waals surface area contributed by atoms with Crippen LogP contribution in [-0.4, -0.2) is 17.0 Å². The van der Waals surface area contributed by atoms with Gasteiger partial charge in [0.15, 0.2) is 11.6 Å². The van der Waals surface area contributed by atoms with Crippen molar-refractivity contribution in [3.8, 4) is 11.6 Å². The summed E-state index contributed by atoms with van der Waals surface area (Å²) in [6, 6.07) is 4.52. The third-order valence-corrected chi connectivity index (χ3v) is 2.43. The third-order valence-electron chi connectivity index (χ3n) is 2.43. The van der Waals surface area contributed by atoms with Gasteiger partial charge in [-0.25, -0.2) is 13.8 Å². The highest BCUT2D eigenvalue weighted by Gasteiger charge is 2.09. The van der Waals surface area contributed by atoms with Crippen LogP contribution in [-0.2, 0) is 6.42 Å². The number of nitrogens with zero attached hydrogens (tertiary/aromatic N) is 2. The molecule has 1 N–H and O–H groups in total. The number of hydrogen-bond acceptors (Lipinski definition) is 4. The minimum Gasteiger partial charge on any atom is -0.436 e. The van der Waals surface area contributed by atoms with Crippen molar-refractivity contribution in [1.82, 2.24) is 9.97 Å². The quantitative estimate of drug-likeness (QED) is 0.922. The van der Waals surface area contributed by atoms with Gasteiger partial charge in [-0.1, -0.05) is 6.92 Å². The fourth-order valence-electron chi connectivity index (χ4n) is 1.48. The van der Waals surface area contributed by atoms with Gasteiger partial charge in [-0.15, -0.1) is 0 Å². The molecule has 1 aromatic carbocycles. The van der Waals surface area contributed by atoms with Crippen LogP contribution in [0.25, 0.3) is 0 Å². The van der Waals surface area contributed by atoms with Gasteiger partial charge in [-0.3, -0.25) is 0 Å². The minimum atomic E-state index is -0.649. The van der Waals surface area contributed by atoms with Gasteiger partial charge in [0.25, 0.3) is 0 Å². The molecule has 0 fully saturated rings. The summed E-state index contributed by atoms with van der Waals surface area (Å²) >= 11 is 0. The highest BCUT2D eigenvalue weighted by Crippen LogP contribution is 2.25. The summed E-state index contributed by atoms with van der Waals surface area (Å²) in [4.78, 5) is 8.29. The van der Waals surface area contributed by atoms with Gasteiger partial charge in [-0.2, -0.15) is 4.98 Å². The molecule has 0 atom stereocenters. The molecule has 0 bridgehead atoms. The first kappa shape index (κ1) is 13.2. The molecule has 0 spiro atoms. The highest BCUT2D eigenvalue weighted by atomic mass is 19.1. The lowest BCUT2D eigenvalue weighted by Gasteiger charge is -2.09. The van der Waals surface area contributed by atoms with Crippen LogP contribution in [0.5, 0.6) is 11.6 Å². The van der Waals surface area contributed by atoms with E-state index in [4.69, 9.17) is 4.74 Å². The number of ether oxygens (including phenoxy) is 1. The average molecular weight is 265 g/mol. The van der Waals surface area contributed by atoms with E-state index in [1.165, 1.54) is 6.07 Å². The van der Waals surface area contributed by atoms with Gasteiger partial charge in [0.1, 0.15) is 17.5 Å². The van der Waals surface area contributed by atoms with E-state index in [2.05, 4.69) is 15.3 Å². The van der Waals surface area contributed by atoms with E-state index in [0.717, 1.165) is 18.2 Å². The predicted molar refractivity (Wildman–Crippen MR) is 67.4 cm³/mol. The number of anilines is 1. The van der Waals surface area contributed by atoms with Crippen molar-refractivity contribution in [2.24, 2.45) is 0 Å². The second-order valence-corrected chi connectivity index (χ2v) is 3.79. The molecule has 2 rings (SSSR count). The molecule has 2 aromatic rings.